The highest BCUT2D eigenvalue weighted by Gasteiger charge is 2.51. The second-order valence-corrected chi connectivity index (χ2v) is 5.61. The molecule has 0 amide bonds. The Morgan fingerprint density at radius 2 is 1.95 bits per heavy atom. The van der Waals surface area contributed by atoms with Gasteiger partial charge >= 0.3 is 5.97 Å². The third kappa shape index (κ3) is 2.25. The second kappa shape index (κ2) is 5.29. The third-order valence-corrected chi connectivity index (χ3v) is 4.19. The number of ether oxygens (including phenoxy) is 1. The van der Waals surface area contributed by atoms with Gasteiger partial charge in [-0.1, -0.05) is 40.2 Å². The van der Waals surface area contributed by atoms with Crippen molar-refractivity contribution in [1.82, 2.24) is 0 Å². The molecule has 1 fully saturated rings. The van der Waals surface area contributed by atoms with Crippen LogP contribution < -0.4 is 0 Å². The molecule has 1 aromatic carbocycles. The van der Waals surface area contributed by atoms with Crippen molar-refractivity contribution in [2.45, 2.75) is 19.3 Å². The van der Waals surface area contributed by atoms with Crippen molar-refractivity contribution in [3.05, 3.63) is 46.5 Å². The Morgan fingerprint density at radius 1 is 1.32 bits per heavy atom. The molecule has 0 heterocycles. The van der Waals surface area contributed by atoms with E-state index in [0.29, 0.717) is 24.0 Å². The van der Waals surface area contributed by atoms with E-state index in [9.17, 15) is 9.59 Å². The van der Waals surface area contributed by atoms with Gasteiger partial charge in [0.2, 0.25) is 0 Å². The van der Waals surface area contributed by atoms with Crippen LogP contribution in [0.1, 0.15) is 29.6 Å². The zero-order chi connectivity index (χ0) is 14.0. The first-order valence-electron chi connectivity index (χ1n) is 6.09. The summed E-state index contributed by atoms with van der Waals surface area (Å²) in [5.74, 6) is -0.711. The van der Waals surface area contributed by atoms with E-state index in [0.717, 1.165) is 10.9 Å². The monoisotopic (exact) mass is 322 g/mol. The van der Waals surface area contributed by atoms with Gasteiger partial charge in [-0.25, -0.2) is 0 Å². The Balaban J connectivity index is 2.45. The lowest BCUT2D eigenvalue weighted by atomic mass is 9.76. The maximum absolute atomic E-state index is 12.7. The average molecular weight is 323 g/mol. The van der Waals surface area contributed by atoms with E-state index in [2.05, 4.69) is 22.5 Å². The summed E-state index contributed by atoms with van der Waals surface area (Å²) < 4.78 is 5.73. The fourth-order valence-electron chi connectivity index (χ4n) is 2.59. The molecule has 1 aliphatic carbocycles. The normalized spacial score (nSPS) is 22.3. The second-order valence-electron chi connectivity index (χ2n) is 4.69. The molecular formula is C15H15BrO3. The maximum Gasteiger partial charge on any atom is 0.323 e. The molecule has 1 unspecified atom stereocenters. The number of halogens is 1. The van der Waals surface area contributed by atoms with Crippen LogP contribution in [0, 0.1) is 5.41 Å². The number of carbonyl (C=O) groups excluding carboxylic acids is 2. The van der Waals surface area contributed by atoms with Crippen LogP contribution >= 0.6 is 15.9 Å². The molecule has 0 N–H and O–H groups in total. The van der Waals surface area contributed by atoms with E-state index in [1.54, 1.807) is 24.3 Å². The topological polar surface area (TPSA) is 43.4 Å². The summed E-state index contributed by atoms with van der Waals surface area (Å²) in [6, 6.07) is 7.00. The summed E-state index contributed by atoms with van der Waals surface area (Å²) in [4.78, 5) is 24.8. The molecule has 0 bridgehead atoms. The van der Waals surface area contributed by atoms with E-state index in [1.165, 1.54) is 7.11 Å². The predicted molar refractivity (Wildman–Crippen MR) is 75.9 cm³/mol. The van der Waals surface area contributed by atoms with Gasteiger partial charge in [-0.15, -0.1) is 0 Å². The SMILES string of the molecule is C=C1CCCC1(C(=O)OC)C(=O)c1ccc(Br)cc1. The molecule has 0 spiro atoms. The summed E-state index contributed by atoms with van der Waals surface area (Å²) in [5, 5.41) is 0. The molecule has 1 aromatic rings. The van der Waals surface area contributed by atoms with Gasteiger partial charge in [-0.05, 0) is 31.4 Å². The van der Waals surface area contributed by atoms with Crippen LogP contribution in [0.4, 0.5) is 0 Å². The van der Waals surface area contributed by atoms with Crippen molar-refractivity contribution >= 4 is 27.7 Å². The molecule has 0 aromatic heterocycles. The lowest BCUT2D eigenvalue weighted by Gasteiger charge is -2.25. The fraction of sp³-hybridized carbons (Fsp3) is 0.333. The molecular weight excluding hydrogens is 308 g/mol. The predicted octanol–water partition coefficient (Wildman–Crippen LogP) is 3.53. The highest BCUT2D eigenvalue weighted by Crippen LogP contribution is 2.45. The van der Waals surface area contributed by atoms with Crippen LogP contribution in [0.3, 0.4) is 0 Å². The van der Waals surface area contributed by atoms with Crippen molar-refractivity contribution in [3.63, 3.8) is 0 Å². The molecule has 0 radical (unpaired) electrons. The van der Waals surface area contributed by atoms with Crippen molar-refractivity contribution in [2.24, 2.45) is 5.41 Å². The summed E-state index contributed by atoms with van der Waals surface area (Å²) in [5.41, 5.74) is -0.0216. The average Bonchev–Trinajstić information content (AvgIpc) is 2.80. The minimum atomic E-state index is -1.19. The van der Waals surface area contributed by atoms with Gasteiger partial charge in [0.15, 0.2) is 11.2 Å². The number of esters is 1. The molecule has 0 saturated heterocycles. The summed E-state index contributed by atoms with van der Waals surface area (Å²) in [6.07, 6.45) is 1.96. The number of methoxy groups -OCH3 is 1. The van der Waals surface area contributed by atoms with Gasteiger partial charge in [0.05, 0.1) is 7.11 Å². The Morgan fingerprint density at radius 3 is 2.42 bits per heavy atom. The van der Waals surface area contributed by atoms with E-state index in [-0.39, 0.29) is 5.78 Å². The number of hydrogen-bond donors (Lipinski definition) is 0. The zero-order valence-electron chi connectivity index (χ0n) is 10.7. The Bertz CT molecular complexity index is 533. The van der Waals surface area contributed by atoms with Crippen LogP contribution in [0.2, 0.25) is 0 Å². The van der Waals surface area contributed by atoms with Gasteiger partial charge in [0.25, 0.3) is 0 Å². The molecule has 19 heavy (non-hydrogen) atoms. The number of ketones is 1. The van der Waals surface area contributed by atoms with E-state index in [4.69, 9.17) is 4.74 Å². The largest absolute Gasteiger partial charge is 0.468 e. The number of carbonyl (C=O) groups is 2. The number of Topliss-reactive ketones (excluding diaryl/α,β-unsaturated/α-hetero) is 1. The molecule has 0 aliphatic heterocycles. The lowest BCUT2D eigenvalue weighted by molar-refractivity contribution is -0.147. The lowest BCUT2D eigenvalue weighted by Crippen LogP contribution is -2.39. The third-order valence-electron chi connectivity index (χ3n) is 3.66. The first-order valence-corrected chi connectivity index (χ1v) is 6.88. The van der Waals surface area contributed by atoms with Crippen molar-refractivity contribution in [2.75, 3.05) is 7.11 Å². The van der Waals surface area contributed by atoms with Crippen LogP contribution in [0.15, 0.2) is 40.9 Å². The Labute approximate surface area is 120 Å². The van der Waals surface area contributed by atoms with Gasteiger partial charge in [-0.2, -0.15) is 0 Å². The number of hydrogen-bond acceptors (Lipinski definition) is 3. The quantitative estimate of drug-likeness (QED) is 0.370. The highest BCUT2D eigenvalue weighted by atomic mass is 79.9. The minimum Gasteiger partial charge on any atom is -0.468 e. The van der Waals surface area contributed by atoms with Crippen LogP contribution in [-0.2, 0) is 9.53 Å². The Hall–Kier alpha value is -1.42. The molecule has 2 rings (SSSR count). The summed E-state index contributed by atoms with van der Waals surface area (Å²) in [6.45, 7) is 3.91. The standard InChI is InChI=1S/C15H15BrO3/c1-10-4-3-9-15(10,14(18)19-2)13(17)11-5-7-12(16)8-6-11/h5-8H,1,3-4,9H2,2H3. The smallest absolute Gasteiger partial charge is 0.323 e. The van der Waals surface area contributed by atoms with Crippen molar-refractivity contribution in [3.8, 4) is 0 Å². The van der Waals surface area contributed by atoms with E-state index in [1.807, 2.05) is 0 Å². The number of rotatable bonds is 3. The maximum atomic E-state index is 12.7. The molecule has 1 saturated carbocycles. The minimum absolute atomic E-state index is 0.214. The van der Waals surface area contributed by atoms with Crippen LogP contribution in [-0.4, -0.2) is 18.9 Å². The first-order chi connectivity index (χ1) is 9.02. The van der Waals surface area contributed by atoms with Gasteiger partial charge in [0, 0.05) is 10.0 Å². The summed E-state index contributed by atoms with van der Waals surface area (Å²) in [7, 11) is 1.31. The molecule has 1 atom stereocenters. The molecule has 3 nitrogen and oxygen atoms in total. The molecule has 4 heteroatoms. The van der Waals surface area contributed by atoms with Crippen molar-refractivity contribution in [1.29, 1.82) is 0 Å². The summed E-state index contributed by atoms with van der Waals surface area (Å²) >= 11 is 3.33. The van der Waals surface area contributed by atoms with Crippen molar-refractivity contribution < 1.29 is 14.3 Å². The van der Waals surface area contributed by atoms with E-state index < -0.39 is 11.4 Å². The van der Waals surface area contributed by atoms with E-state index >= 15 is 0 Å². The van der Waals surface area contributed by atoms with Gasteiger partial charge in [0.1, 0.15) is 0 Å². The molecule has 1 aliphatic rings. The first kappa shape index (κ1) is 14.0. The highest BCUT2D eigenvalue weighted by molar-refractivity contribution is 9.10. The van der Waals surface area contributed by atoms with Crippen LogP contribution in [0.25, 0.3) is 0 Å². The Kier molecular flexibility index (Phi) is 3.90. The van der Waals surface area contributed by atoms with Gasteiger partial charge < -0.3 is 4.74 Å². The molecule has 100 valence electrons. The van der Waals surface area contributed by atoms with Gasteiger partial charge in [-0.3, -0.25) is 9.59 Å². The number of benzene rings is 1. The fourth-order valence-corrected chi connectivity index (χ4v) is 2.86. The zero-order valence-corrected chi connectivity index (χ0v) is 12.3. The van der Waals surface area contributed by atoms with Crippen LogP contribution in [0.5, 0.6) is 0 Å².